The number of Topliss-reactive ketones (excluding diaryl/α,β-unsaturated/α-hetero) is 1. The van der Waals surface area contributed by atoms with Gasteiger partial charge in [0, 0.05) is 56.7 Å². The maximum absolute atomic E-state index is 16.3. The first-order chi connectivity index (χ1) is 22.3. The first-order valence-electron chi connectivity index (χ1n) is 16.4. The highest BCUT2D eigenvalue weighted by Gasteiger charge is 2.59. The van der Waals surface area contributed by atoms with Crippen LogP contribution in [0.15, 0.2) is 35.3 Å². The third kappa shape index (κ3) is 5.85. The minimum atomic E-state index is -1.36. The number of morpholine rings is 1. The average Bonchev–Trinajstić information content (AvgIpc) is 3.78. The molecule has 8 unspecified atom stereocenters. The molecule has 0 aromatic carbocycles. The molecule has 7 rings (SSSR count). The van der Waals surface area contributed by atoms with E-state index in [-0.39, 0.29) is 65.9 Å². The molecule has 5 aliphatic rings. The van der Waals surface area contributed by atoms with Gasteiger partial charge in [0.1, 0.15) is 6.17 Å². The fourth-order valence-electron chi connectivity index (χ4n) is 8.29. The highest BCUT2D eigenvalue weighted by Crippen LogP contribution is 2.47. The number of aromatic amines is 2. The second kappa shape index (κ2) is 12.7. The zero-order valence-electron chi connectivity index (χ0n) is 25.6. The van der Waals surface area contributed by atoms with Gasteiger partial charge in [-0.3, -0.25) is 24.3 Å². The molecule has 8 atom stereocenters. The summed E-state index contributed by atoms with van der Waals surface area (Å²) in [6.07, 6.45) is 9.80. The number of aryl methyl sites for hydroxylation is 1. The van der Waals surface area contributed by atoms with E-state index in [9.17, 15) is 24.3 Å². The molecule has 2 aliphatic carbocycles. The molecule has 2 saturated carbocycles. The number of H-pyrrole nitrogens is 2. The van der Waals surface area contributed by atoms with Crippen molar-refractivity contribution in [2.45, 2.75) is 100 Å². The van der Waals surface area contributed by atoms with Crippen LogP contribution in [0.4, 0.5) is 4.39 Å². The monoisotopic (exact) mass is 640 g/mol. The summed E-state index contributed by atoms with van der Waals surface area (Å²) in [4.78, 5) is 64.1. The number of amides is 2. The number of aromatic nitrogens is 4. The van der Waals surface area contributed by atoms with Gasteiger partial charge in [-0.25, -0.2) is 14.2 Å². The van der Waals surface area contributed by atoms with E-state index in [1.54, 1.807) is 18.7 Å². The smallest absolute Gasteiger partial charge is 0.325 e. The van der Waals surface area contributed by atoms with Crippen molar-refractivity contribution in [3.05, 3.63) is 46.7 Å². The number of nitrogens with one attached hydrogen (secondary N) is 4. The fraction of sp³-hybridized carbons (Fsp3) is 0.645. The topological polar surface area (TPSA) is 178 Å². The number of ether oxygens (including phenoxy) is 1. The molecule has 46 heavy (non-hydrogen) atoms. The Labute approximate surface area is 264 Å². The predicted octanol–water partition coefficient (Wildman–Crippen LogP) is 0.118. The lowest BCUT2D eigenvalue weighted by Gasteiger charge is -2.60. The van der Waals surface area contributed by atoms with Gasteiger partial charge in [-0.2, -0.15) is 0 Å². The van der Waals surface area contributed by atoms with E-state index < -0.39 is 35.8 Å². The number of hydrogen-bond acceptors (Lipinski definition) is 9. The number of nitrogens with zero attached hydrogens (tertiary/aromatic N) is 4. The van der Waals surface area contributed by atoms with Crippen LogP contribution < -0.4 is 16.3 Å². The zero-order valence-corrected chi connectivity index (χ0v) is 25.6. The Kier molecular flexibility index (Phi) is 8.44. The molecule has 5 heterocycles. The molecule has 3 aliphatic heterocycles. The van der Waals surface area contributed by atoms with Gasteiger partial charge in [0.25, 0.3) is 5.91 Å². The van der Waals surface area contributed by atoms with Crippen LogP contribution in [0.1, 0.15) is 50.6 Å². The number of carbonyl (C=O) groups is 3. The number of hydrogen-bond donors (Lipinski definition) is 5. The number of rotatable bonds is 9. The van der Waals surface area contributed by atoms with Crippen molar-refractivity contribution in [1.82, 2.24) is 40.0 Å². The van der Waals surface area contributed by atoms with Crippen molar-refractivity contribution in [3.8, 4) is 5.88 Å². The third-order valence-corrected chi connectivity index (χ3v) is 10.4. The van der Waals surface area contributed by atoms with E-state index in [2.05, 4.69) is 30.5 Å². The van der Waals surface area contributed by atoms with Crippen LogP contribution in [0.5, 0.6) is 5.88 Å². The molecule has 0 spiro atoms. The average molecular weight is 641 g/mol. The van der Waals surface area contributed by atoms with Crippen LogP contribution >= 0.6 is 0 Å². The van der Waals surface area contributed by atoms with Crippen LogP contribution in [0.2, 0.25) is 0 Å². The normalized spacial score (nSPS) is 32.4. The van der Waals surface area contributed by atoms with Crippen LogP contribution in [0.25, 0.3) is 0 Å². The van der Waals surface area contributed by atoms with Gasteiger partial charge in [0.05, 0.1) is 54.3 Å². The molecule has 2 amide bonds. The van der Waals surface area contributed by atoms with Crippen molar-refractivity contribution in [2.75, 3.05) is 19.6 Å². The van der Waals surface area contributed by atoms with Crippen molar-refractivity contribution >= 4 is 17.6 Å². The molecule has 4 fully saturated rings. The number of alkyl halides is 1. The Hall–Kier alpha value is -3.98. The molecular formula is C31H41FN8O6. The summed E-state index contributed by atoms with van der Waals surface area (Å²) in [7, 11) is 0. The first kappa shape index (κ1) is 30.7. The highest BCUT2D eigenvalue weighted by atomic mass is 19.1. The van der Waals surface area contributed by atoms with E-state index in [0.717, 1.165) is 25.7 Å². The molecule has 2 aromatic rings. The summed E-state index contributed by atoms with van der Waals surface area (Å²) in [5.41, 5.74) is -0.392. The summed E-state index contributed by atoms with van der Waals surface area (Å²) in [6, 6.07) is -1.19. The summed E-state index contributed by atoms with van der Waals surface area (Å²) in [6.45, 7) is 2.05. The fourth-order valence-corrected chi connectivity index (χ4v) is 8.29. The molecule has 2 saturated heterocycles. The van der Waals surface area contributed by atoms with E-state index in [1.165, 1.54) is 0 Å². The summed E-state index contributed by atoms with van der Waals surface area (Å²) in [5.74, 6) is -2.16. The standard InChI is InChI=1S/C31H41FN8O6/c32-20-12-18-25-28(26(20)39-10-6-17(14-39)35-24(41)13-21-30(44)37-31(45)36-21)46-23-5-2-1-4-22(23)40(25)15-19(27(18)42)29(43)34-7-3-9-38-11-8-33-16-38/h8,11,15-18,20,22-23,25-26,28,44H,1-7,9-10,12-14H2,(H,34,43)(H,35,41)(H2,36,37,45). The largest absolute Gasteiger partial charge is 0.493 e. The van der Waals surface area contributed by atoms with Crippen molar-refractivity contribution < 1.29 is 28.6 Å². The van der Waals surface area contributed by atoms with Crippen LogP contribution in [-0.4, -0.2) is 114 Å². The second-order valence-corrected chi connectivity index (χ2v) is 13.2. The number of halogens is 1. The molecule has 0 radical (unpaired) electrons. The maximum Gasteiger partial charge on any atom is 0.325 e. The summed E-state index contributed by atoms with van der Waals surface area (Å²) in [5, 5.41) is 15.6. The lowest BCUT2D eigenvalue weighted by atomic mass is 9.69. The SMILES string of the molecule is O=C(Cc1[nH]c(=O)[nH]c1O)NC1CCN(C2C(F)CC3C(=O)C(C(=O)NCCCn4ccnc4)=CN4C5CCCCC5OC2C34)C1. The molecular weight excluding hydrogens is 599 g/mol. The predicted molar refractivity (Wildman–Crippen MR) is 161 cm³/mol. The van der Waals surface area contributed by atoms with E-state index in [1.807, 2.05) is 15.7 Å². The Morgan fingerprint density at radius 1 is 1.15 bits per heavy atom. The van der Waals surface area contributed by atoms with Gasteiger partial charge in [0.2, 0.25) is 11.8 Å². The van der Waals surface area contributed by atoms with Crippen LogP contribution in [0.3, 0.4) is 0 Å². The Morgan fingerprint density at radius 3 is 2.78 bits per heavy atom. The van der Waals surface area contributed by atoms with E-state index in [4.69, 9.17) is 4.74 Å². The Morgan fingerprint density at radius 2 is 2.00 bits per heavy atom. The van der Waals surface area contributed by atoms with E-state index in [0.29, 0.717) is 39.0 Å². The molecule has 2 aromatic heterocycles. The Balaban J connectivity index is 1.05. The zero-order chi connectivity index (χ0) is 31.9. The van der Waals surface area contributed by atoms with Crippen LogP contribution in [0, 0.1) is 5.92 Å². The molecule has 5 N–H and O–H groups in total. The van der Waals surface area contributed by atoms with Gasteiger partial charge in [-0.15, -0.1) is 0 Å². The number of ketones is 1. The van der Waals surface area contributed by atoms with Crippen molar-refractivity contribution in [1.29, 1.82) is 0 Å². The van der Waals surface area contributed by atoms with Crippen molar-refractivity contribution in [3.63, 3.8) is 0 Å². The number of imidazole rings is 2. The number of fused-ring (bicyclic) bond motifs is 2. The van der Waals surface area contributed by atoms with Gasteiger partial charge in [0.15, 0.2) is 5.78 Å². The van der Waals surface area contributed by atoms with Gasteiger partial charge < -0.3 is 34.9 Å². The quantitative estimate of drug-likeness (QED) is 0.188. The molecule has 15 heteroatoms. The van der Waals surface area contributed by atoms with Crippen LogP contribution in [-0.2, 0) is 32.1 Å². The minimum Gasteiger partial charge on any atom is -0.493 e. The maximum atomic E-state index is 16.3. The molecule has 248 valence electrons. The van der Waals surface area contributed by atoms with Gasteiger partial charge in [-0.05, 0) is 32.1 Å². The summed E-state index contributed by atoms with van der Waals surface area (Å²) < 4.78 is 25.0. The Bertz CT molecular complexity index is 1540. The first-order valence-corrected chi connectivity index (χ1v) is 16.4. The number of likely N-dealkylation sites (tertiary alicyclic amines) is 1. The molecule has 14 nitrogen and oxygen atoms in total. The lowest BCUT2D eigenvalue weighted by Crippen LogP contribution is -2.73. The number of carbonyl (C=O) groups excluding carboxylic acids is 3. The third-order valence-electron chi connectivity index (χ3n) is 10.4. The van der Waals surface area contributed by atoms with Gasteiger partial charge in [-0.1, -0.05) is 12.8 Å². The summed E-state index contributed by atoms with van der Waals surface area (Å²) >= 11 is 0. The molecule has 0 bridgehead atoms. The van der Waals surface area contributed by atoms with E-state index >= 15 is 4.39 Å². The van der Waals surface area contributed by atoms with Crippen molar-refractivity contribution in [2.24, 2.45) is 5.92 Å². The highest BCUT2D eigenvalue weighted by molar-refractivity contribution is 6.20. The lowest BCUT2D eigenvalue weighted by molar-refractivity contribution is -0.209. The second-order valence-electron chi connectivity index (χ2n) is 13.2. The van der Waals surface area contributed by atoms with Gasteiger partial charge >= 0.3 is 5.69 Å². The minimum absolute atomic E-state index is 0.000812. The number of aromatic hydroxyl groups is 1.